The van der Waals surface area contributed by atoms with E-state index in [0.717, 1.165) is 45.3 Å². The third kappa shape index (κ3) is 4.71. The van der Waals surface area contributed by atoms with Gasteiger partial charge in [-0.3, -0.25) is 0 Å². The van der Waals surface area contributed by atoms with Crippen LogP contribution in [-0.4, -0.2) is 19.8 Å². The predicted octanol–water partition coefficient (Wildman–Crippen LogP) is 7.57. The van der Waals surface area contributed by atoms with Gasteiger partial charge in [-0.05, 0) is 42.2 Å². The smallest absolute Gasteiger partial charge is 0.178 e. The van der Waals surface area contributed by atoms with Gasteiger partial charge >= 0.3 is 0 Å². The fourth-order valence-electron chi connectivity index (χ4n) is 4.54. The molecule has 1 fully saturated rings. The Morgan fingerprint density at radius 3 is 2.34 bits per heavy atom. The van der Waals surface area contributed by atoms with Crippen molar-refractivity contribution in [2.75, 3.05) is 0 Å². The number of fused-ring (bicyclic) bond motifs is 1. The summed E-state index contributed by atoms with van der Waals surface area (Å²) >= 11 is 6.13. The van der Waals surface area contributed by atoms with Crippen molar-refractivity contribution in [3.05, 3.63) is 71.0 Å². The zero-order valence-electron chi connectivity index (χ0n) is 19.2. The summed E-state index contributed by atoms with van der Waals surface area (Å²) in [5.74, 6) is 1.65. The van der Waals surface area contributed by atoms with Gasteiger partial charge in [0.1, 0.15) is 0 Å². The van der Waals surface area contributed by atoms with Crippen LogP contribution in [0.3, 0.4) is 0 Å². The molecule has 32 heavy (non-hydrogen) atoms. The number of hydrogen-bond acceptors (Lipinski definition) is 3. The molecular formula is C27H31ClN4. The third-order valence-corrected chi connectivity index (χ3v) is 6.46. The molecule has 166 valence electrons. The van der Waals surface area contributed by atoms with Gasteiger partial charge in [-0.15, -0.1) is 10.2 Å². The van der Waals surface area contributed by atoms with Crippen molar-refractivity contribution in [1.82, 2.24) is 19.8 Å². The van der Waals surface area contributed by atoms with Crippen LogP contribution in [0, 0.1) is 12.8 Å². The summed E-state index contributed by atoms with van der Waals surface area (Å²) in [7, 11) is 0. The summed E-state index contributed by atoms with van der Waals surface area (Å²) in [4.78, 5) is 0. The molecule has 0 unspecified atom stereocenters. The van der Waals surface area contributed by atoms with Crippen LogP contribution >= 0.6 is 11.6 Å². The second kappa shape index (κ2) is 10.3. The number of aromatic nitrogens is 4. The first-order valence-electron chi connectivity index (χ1n) is 11.8. The van der Waals surface area contributed by atoms with Crippen LogP contribution in [0.15, 0.2) is 54.6 Å². The van der Waals surface area contributed by atoms with Crippen molar-refractivity contribution >= 4 is 17.2 Å². The van der Waals surface area contributed by atoms with Gasteiger partial charge in [-0.2, -0.15) is 9.61 Å². The highest BCUT2D eigenvalue weighted by atomic mass is 35.5. The number of nitrogens with zero attached hydrogens (tertiary/aromatic N) is 4. The molecule has 0 N–H and O–H groups in total. The van der Waals surface area contributed by atoms with E-state index in [-0.39, 0.29) is 0 Å². The lowest BCUT2D eigenvalue weighted by molar-refractivity contribution is 0.349. The van der Waals surface area contributed by atoms with E-state index in [1.165, 1.54) is 37.7 Å². The minimum atomic E-state index is 0.686. The number of aryl methyl sites for hydroxylation is 1. The second-order valence-corrected chi connectivity index (χ2v) is 8.76. The van der Waals surface area contributed by atoms with Gasteiger partial charge in [0.2, 0.25) is 0 Å². The van der Waals surface area contributed by atoms with Gasteiger partial charge in [0.15, 0.2) is 11.5 Å². The Hall–Kier alpha value is -2.72. The molecule has 4 aromatic rings. The van der Waals surface area contributed by atoms with E-state index in [1.54, 1.807) is 0 Å². The maximum atomic E-state index is 6.13. The largest absolute Gasteiger partial charge is 0.197 e. The molecule has 0 saturated heterocycles. The van der Waals surface area contributed by atoms with E-state index in [0.29, 0.717) is 5.92 Å². The summed E-state index contributed by atoms with van der Waals surface area (Å²) in [6.45, 7) is 6.13. The van der Waals surface area contributed by atoms with E-state index >= 15 is 0 Å². The Bertz CT molecular complexity index is 1170. The molecule has 0 spiro atoms. The first-order chi connectivity index (χ1) is 15.7. The molecule has 1 aliphatic carbocycles. The monoisotopic (exact) mass is 446 g/mol. The van der Waals surface area contributed by atoms with Crippen molar-refractivity contribution in [2.24, 2.45) is 5.92 Å². The highest BCUT2D eigenvalue weighted by Crippen LogP contribution is 2.34. The first kappa shape index (κ1) is 22.5. The summed E-state index contributed by atoms with van der Waals surface area (Å²) in [6.07, 6.45) is 7.51. The third-order valence-electron chi connectivity index (χ3n) is 6.21. The van der Waals surface area contributed by atoms with Crippen LogP contribution in [0.4, 0.5) is 0 Å². The highest BCUT2D eigenvalue weighted by Gasteiger charge is 2.20. The average molecular weight is 447 g/mol. The van der Waals surface area contributed by atoms with E-state index in [4.69, 9.17) is 16.7 Å². The molecule has 1 saturated carbocycles. The van der Waals surface area contributed by atoms with Crippen molar-refractivity contribution in [2.45, 2.75) is 59.3 Å². The molecule has 0 radical (unpaired) electrons. The summed E-state index contributed by atoms with van der Waals surface area (Å²) in [6, 6.07) is 18.4. The predicted molar refractivity (Wildman–Crippen MR) is 133 cm³/mol. The molecular weight excluding hydrogens is 416 g/mol. The minimum absolute atomic E-state index is 0.686. The van der Waals surface area contributed by atoms with Crippen molar-refractivity contribution in [3.8, 4) is 22.4 Å². The molecule has 0 bridgehead atoms. The second-order valence-electron chi connectivity index (χ2n) is 8.32. The molecule has 2 heterocycles. The van der Waals surface area contributed by atoms with E-state index in [1.807, 2.05) is 42.6 Å². The SMILES string of the molecule is CC.Cc1ccccc1-c1nn2c(CC3CCCCC3)nnc2cc1-c1ccc(Cl)cc1. The Morgan fingerprint density at radius 2 is 1.62 bits per heavy atom. The quantitative estimate of drug-likeness (QED) is 0.324. The molecule has 2 aromatic heterocycles. The van der Waals surface area contributed by atoms with Crippen LogP contribution in [0.5, 0.6) is 0 Å². The first-order valence-corrected chi connectivity index (χ1v) is 12.1. The van der Waals surface area contributed by atoms with E-state index < -0.39 is 0 Å². The van der Waals surface area contributed by atoms with Crippen molar-refractivity contribution < 1.29 is 0 Å². The molecule has 1 aliphatic rings. The summed E-state index contributed by atoms with van der Waals surface area (Å²) in [5, 5.41) is 14.8. The van der Waals surface area contributed by atoms with E-state index in [2.05, 4.69) is 47.5 Å². The fourth-order valence-corrected chi connectivity index (χ4v) is 4.67. The lowest BCUT2D eigenvalue weighted by Crippen LogP contribution is -2.12. The van der Waals surface area contributed by atoms with Gasteiger partial charge in [0.05, 0.1) is 5.69 Å². The topological polar surface area (TPSA) is 43.1 Å². The Balaban J connectivity index is 0.00000119. The van der Waals surface area contributed by atoms with E-state index in [9.17, 15) is 0 Å². The molecule has 2 aromatic carbocycles. The van der Waals surface area contributed by atoms with Gasteiger partial charge in [-0.1, -0.05) is 94.0 Å². The van der Waals surface area contributed by atoms with Crippen LogP contribution in [0.1, 0.15) is 57.3 Å². The Morgan fingerprint density at radius 1 is 0.906 bits per heavy atom. The Labute approximate surface area is 195 Å². The molecule has 0 aliphatic heterocycles. The van der Waals surface area contributed by atoms with Gasteiger partial charge in [0.25, 0.3) is 0 Å². The average Bonchev–Trinajstić information content (AvgIpc) is 3.23. The number of halogens is 1. The minimum Gasteiger partial charge on any atom is -0.197 e. The standard InChI is InChI=1S/C25H25ClN4.C2H6/c1-17-7-5-6-10-21(17)25-22(19-11-13-20(26)14-12-19)16-24-28-27-23(30(24)29-25)15-18-8-3-2-4-9-18;1-2/h5-7,10-14,16,18H,2-4,8-9,15H2,1H3;1-2H3. The van der Waals surface area contributed by atoms with Crippen LogP contribution < -0.4 is 0 Å². The normalized spacial score (nSPS) is 14.2. The van der Waals surface area contributed by atoms with Crippen molar-refractivity contribution in [1.29, 1.82) is 0 Å². The zero-order valence-corrected chi connectivity index (χ0v) is 19.9. The fraction of sp³-hybridized carbons (Fsp3) is 0.370. The summed E-state index contributed by atoms with van der Waals surface area (Å²) < 4.78 is 1.95. The number of hydrogen-bond donors (Lipinski definition) is 0. The number of benzene rings is 2. The zero-order chi connectivity index (χ0) is 22.5. The molecule has 0 amide bonds. The lowest BCUT2D eigenvalue weighted by Gasteiger charge is -2.20. The lowest BCUT2D eigenvalue weighted by atomic mass is 9.87. The van der Waals surface area contributed by atoms with Gasteiger partial charge in [-0.25, -0.2) is 0 Å². The Kier molecular flexibility index (Phi) is 7.21. The number of rotatable bonds is 4. The van der Waals surface area contributed by atoms with Crippen molar-refractivity contribution in [3.63, 3.8) is 0 Å². The highest BCUT2D eigenvalue weighted by molar-refractivity contribution is 6.30. The molecule has 4 nitrogen and oxygen atoms in total. The van der Waals surface area contributed by atoms with Crippen LogP contribution in [0.25, 0.3) is 28.0 Å². The maximum Gasteiger partial charge on any atom is 0.178 e. The van der Waals surface area contributed by atoms with Crippen LogP contribution in [-0.2, 0) is 6.42 Å². The van der Waals surface area contributed by atoms with Crippen LogP contribution in [0.2, 0.25) is 5.02 Å². The molecule has 5 rings (SSSR count). The maximum absolute atomic E-state index is 6.13. The molecule has 0 atom stereocenters. The van der Waals surface area contributed by atoms with Gasteiger partial charge in [0, 0.05) is 22.6 Å². The molecule has 5 heteroatoms. The summed E-state index contributed by atoms with van der Waals surface area (Å²) in [5.41, 5.74) is 6.19. The van der Waals surface area contributed by atoms with Gasteiger partial charge < -0.3 is 0 Å².